The minimum atomic E-state index is -3.79. The van der Waals surface area contributed by atoms with Gasteiger partial charge in [-0.05, 0) is 13.8 Å². The second-order valence-electron chi connectivity index (χ2n) is 3.90. The van der Waals surface area contributed by atoms with Crippen LogP contribution in [0.4, 0.5) is 0 Å². The molecule has 9 heteroatoms. The molecule has 0 amide bonds. The number of hydrogen-bond donors (Lipinski definition) is 0. The SMILES string of the molecule is Cc1nn(Cc2ncnn2C)c(C)c1S(=O)(=O)Cl. The van der Waals surface area contributed by atoms with Gasteiger partial charge in [-0.3, -0.25) is 9.36 Å². The second kappa shape index (κ2) is 4.36. The van der Waals surface area contributed by atoms with Crippen LogP contribution in [0.25, 0.3) is 0 Å². The van der Waals surface area contributed by atoms with Crippen molar-refractivity contribution in [2.45, 2.75) is 25.3 Å². The standard InChI is InChI=1S/C9H12ClN5O2S/c1-6-9(18(10,16)17)7(2)15(13-6)4-8-11-5-12-14(8)3/h5H,4H2,1-3H3. The van der Waals surface area contributed by atoms with Crippen LogP contribution in [0.2, 0.25) is 0 Å². The molecule has 0 saturated carbocycles. The lowest BCUT2D eigenvalue weighted by molar-refractivity contribution is 0.590. The molecule has 2 aromatic rings. The Morgan fingerprint density at radius 1 is 1.39 bits per heavy atom. The molecule has 2 rings (SSSR count). The van der Waals surface area contributed by atoms with Crippen LogP contribution in [-0.2, 0) is 22.6 Å². The van der Waals surface area contributed by atoms with Crippen molar-refractivity contribution in [1.82, 2.24) is 24.5 Å². The highest BCUT2D eigenvalue weighted by atomic mass is 35.7. The molecule has 2 aromatic heterocycles. The molecule has 7 nitrogen and oxygen atoms in total. The quantitative estimate of drug-likeness (QED) is 0.773. The van der Waals surface area contributed by atoms with Crippen LogP contribution in [0.15, 0.2) is 11.2 Å². The third-order valence-electron chi connectivity index (χ3n) is 2.66. The van der Waals surface area contributed by atoms with Crippen LogP contribution in [-0.4, -0.2) is 33.0 Å². The molecule has 0 N–H and O–H groups in total. The summed E-state index contributed by atoms with van der Waals surface area (Å²) >= 11 is 0. The molecular formula is C9H12ClN5O2S. The second-order valence-corrected chi connectivity index (χ2v) is 6.40. The normalized spacial score (nSPS) is 12.0. The zero-order valence-corrected chi connectivity index (χ0v) is 11.7. The third-order valence-corrected chi connectivity index (χ3v) is 4.20. The van der Waals surface area contributed by atoms with Crippen molar-refractivity contribution in [3.05, 3.63) is 23.5 Å². The lowest BCUT2D eigenvalue weighted by atomic mass is 10.4. The van der Waals surface area contributed by atoms with Crippen molar-refractivity contribution < 1.29 is 8.42 Å². The topological polar surface area (TPSA) is 82.7 Å². The molecule has 0 aliphatic rings. The zero-order valence-electron chi connectivity index (χ0n) is 10.1. The maximum Gasteiger partial charge on any atom is 0.264 e. The highest BCUT2D eigenvalue weighted by Crippen LogP contribution is 2.23. The van der Waals surface area contributed by atoms with Crippen molar-refractivity contribution in [2.75, 3.05) is 0 Å². The molecule has 0 aromatic carbocycles. The molecule has 0 aliphatic heterocycles. The summed E-state index contributed by atoms with van der Waals surface area (Å²) in [5, 5.41) is 8.11. The number of aromatic nitrogens is 5. The summed E-state index contributed by atoms with van der Waals surface area (Å²) in [6.45, 7) is 3.61. The Kier molecular flexibility index (Phi) is 3.16. The van der Waals surface area contributed by atoms with Crippen molar-refractivity contribution in [2.24, 2.45) is 7.05 Å². The van der Waals surface area contributed by atoms with Gasteiger partial charge >= 0.3 is 0 Å². The average molecular weight is 290 g/mol. The molecule has 0 radical (unpaired) electrons. The van der Waals surface area contributed by atoms with Gasteiger partial charge < -0.3 is 0 Å². The number of rotatable bonds is 3. The highest BCUT2D eigenvalue weighted by Gasteiger charge is 2.22. The summed E-state index contributed by atoms with van der Waals surface area (Å²) in [6, 6.07) is 0. The van der Waals surface area contributed by atoms with Crippen LogP contribution >= 0.6 is 10.7 Å². The number of hydrogen-bond acceptors (Lipinski definition) is 5. The predicted molar refractivity (Wildman–Crippen MR) is 64.8 cm³/mol. The number of nitrogens with zero attached hydrogens (tertiary/aromatic N) is 5. The van der Waals surface area contributed by atoms with Gasteiger partial charge in [-0.15, -0.1) is 0 Å². The minimum Gasteiger partial charge on any atom is -0.261 e. The van der Waals surface area contributed by atoms with E-state index in [2.05, 4.69) is 15.2 Å². The summed E-state index contributed by atoms with van der Waals surface area (Å²) < 4.78 is 26.0. The van der Waals surface area contributed by atoms with Gasteiger partial charge in [-0.1, -0.05) is 0 Å². The van der Waals surface area contributed by atoms with Gasteiger partial charge in [0.05, 0.1) is 11.4 Å². The highest BCUT2D eigenvalue weighted by molar-refractivity contribution is 8.13. The molecule has 98 valence electrons. The molecule has 0 bridgehead atoms. The lowest BCUT2D eigenvalue weighted by Crippen LogP contribution is -2.10. The van der Waals surface area contributed by atoms with Crippen LogP contribution < -0.4 is 0 Å². The van der Waals surface area contributed by atoms with Crippen molar-refractivity contribution in [3.8, 4) is 0 Å². The van der Waals surface area contributed by atoms with Crippen LogP contribution in [0, 0.1) is 13.8 Å². The van der Waals surface area contributed by atoms with E-state index < -0.39 is 9.05 Å². The van der Waals surface area contributed by atoms with E-state index >= 15 is 0 Å². The Bertz CT molecular complexity index is 688. The van der Waals surface area contributed by atoms with E-state index in [9.17, 15) is 8.42 Å². The van der Waals surface area contributed by atoms with E-state index in [0.29, 0.717) is 23.8 Å². The monoisotopic (exact) mass is 289 g/mol. The molecule has 0 saturated heterocycles. The molecule has 0 fully saturated rings. The molecule has 0 unspecified atom stereocenters. The summed E-state index contributed by atoms with van der Waals surface area (Å²) in [6.07, 6.45) is 1.43. The van der Waals surface area contributed by atoms with Gasteiger partial charge in [-0.2, -0.15) is 10.2 Å². The van der Waals surface area contributed by atoms with Gasteiger partial charge in [-0.25, -0.2) is 13.4 Å². The van der Waals surface area contributed by atoms with Crippen LogP contribution in [0.1, 0.15) is 17.2 Å². The summed E-state index contributed by atoms with van der Waals surface area (Å²) in [5.41, 5.74) is 0.871. The fourth-order valence-electron chi connectivity index (χ4n) is 1.78. The Morgan fingerprint density at radius 2 is 2.06 bits per heavy atom. The first-order chi connectivity index (χ1) is 8.30. The molecule has 0 aliphatic carbocycles. The van der Waals surface area contributed by atoms with Gasteiger partial charge in [0.15, 0.2) is 0 Å². The van der Waals surface area contributed by atoms with E-state index in [1.807, 2.05) is 0 Å². The predicted octanol–water partition coefficient (Wildman–Crippen LogP) is 0.604. The Hall–Kier alpha value is -1.41. The van der Waals surface area contributed by atoms with E-state index in [-0.39, 0.29) is 4.90 Å². The molecular weight excluding hydrogens is 278 g/mol. The van der Waals surface area contributed by atoms with E-state index in [4.69, 9.17) is 10.7 Å². The smallest absolute Gasteiger partial charge is 0.261 e. The van der Waals surface area contributed by atoms with Gasteiger partial charge in [0, 0.05) is 17.7 Å². The summed E-state index contributed by atoms with van der Waals surface area (Å²) in [5.74, 6) is 0.680. The maximum atomic E-state index is 11.4. The lowest BCUT2D eigenvalue weighted by Gasteiger charge is -2.03. The maximum absolute atomic E-state index is 11.4. The Morgan fingerprint density at radius 3 is 2.50 bits per heavy atom. The summed E-state index contributed by atoms with van der Waals surface area (Å²) in [4.78, 5) is 4.12. The van der Waals surface area contributed by atoms with E-state index in [1.54, 1.807) is 30.3 Å². The third kappa shape index (κ3) is 2.25. The first-order valence-corrected chi connectivity index (χ1v) is 7.43. The fraction of sp³-hybridized carbons (Fsp3) is 0.444. The molecule has 0 atom stereocenters. The Labute approximate surface area is 109 Å². The van der Waals surface area contributed by atoms with E-state index in [1.165, 1.54) is 6.33 Å². The van der Waals surface area contributed by atoms with E-state index in [0.717, 1.165) is 0 Å². The molecule has 0 spiro atoms. The van der Waals surface area contributed by atoms with Crippen molar-refractivity contribution in [1.29, 1.82) is 0 Å². The summed E-state index contributed by atoms with van der Waals surface area (Å²) in [7, 11) is 3.35. The van der Waals surface area contributed by atoms with Gasteiger partial charge in [0.1, 0.15) is 23.6 Å². The zero-order chi connectivity index (χ0) is 13.5. The molecule has 2 heterocycles. The Balaban J connectivity index is 2.46. The van der Waals surface area contributed by atoms with Crippen LogP contribution in [0.5, 0.6) is 0 Å². The number of halogens is 1. The number of aryl methyl sites for hydroxylation is 2. The van der Waals surface area contributed by atoms with Gasteiger partial charge in [0.25, 0.3) is 9.05 Å². The van der Waals surface area contributed by atoms with Crippen molar-refractivity contribution >= 4 is 19.7 Å². The fourth-order valence-corrected chi connectivity index (χ4v) is 3.31. The first-order valence-electron chi connectivity index (χ1n) is 5.12. The van der Waals surface area contributed by atoms with Crippen molar-refractivity contribution in [3.63, 3.8) is 0 Å². The molecule has 18 heavy (non-hydrogen) atoms. The van der Waals surface area contributed by atoms with Gasteiger partial charge in [0.2, 0.25) is 0 Å². The largest absolute Gasteiger partial charge is 0.264 e. The van der Waals surface area contributed by atoms with Crippen LogP contribution in [0.3, 0.4) is 0 Å². The average Bonchev–Trinajstić information content (AvgIpc) is 2.72. The first kappa shape index (κ1) is 13.0. The minimum absolute atomic E-state index is 0.0614.